The lowest BCUT2D eigenvalue weighted by atomic mass is 10.2. The van der Waals surface area contributed by atoms with Crippen molar-refractivity contribution in [2.24, 2.45) is 5.10 Å². The molecule has 1 aliphatic rings. The fraction of sp³-hybridized carbons (Fsp3) is 0.333. The number of aryl methyl sites for hydroxylation is 1. The van der Waals surface area contributed by atoms with E-state index < -0.39 is 5.91 Å². The van der Waals surface area contributed by atoms with E-state index in [1.165, 1.54) is 23.6 Å². The van der Waals surface area contributed by atoms with Gasteiger partial charge in [-0.15, -0.1) is 5.10 Å². The Hall–Kier alpha value is -4.38. The maximum Gasteiger partial charge on any atom is 0.272 e. The van der Waals surface area contributed by atoms with Gasteiger partial charge >= 0.3 is 0 Å². The van der Waals surface area contributed by atoms with Crippen LogP contribution in [0.1, 0.15) is 29.8 Å². The minimum atomic E-state index is -0.407. The Labute approximate surface area is 219 Å². The summed E-state index contributed by atoms with van der Waals surface area (Å²) in [6, 6.07) is 14.6. The van der Waals surface area contributed by atoms with E-state index in [9.17, 15) is 9.59 Å². The molecule has 2 aromatic carbocycles. The molecule has 38 heavy (non-hydrogen) atoms. The number of aromatic nitrogens is 5. The number of hydrazone groups is 1. The Morgan fingerprint density at radius 2 is 1.92 bits per heavy atom. The topological polar surface area (TPSA) is 120 Å². The predicted octanol–water partition coefficient (Wildman–Crippen LogP) is 2.12. The van der Waals surface area contributed by atoms with E-state index in [-0.39, 0.29) is 12.1 Å². The quantitative estimate of drug-likeness (QED) is 0.254. The Morgan fingerprint density at radius 1 is 1.13 bits per heavy atom. The molecule has 0 radical (unpaired) electrons. The van der Waals surface area contributed by atoms with Crippen LogP contribution in [0.2, 0.25) is 0 Å². The summed E-state index contributed by atoms with van der Waals surface area (Å²) in [6.07, 6.45) is 6.03. The van der Waals surface area contributed by atoms with Gasteiger partial charge in [0.05, 0.1) is 29.5 Å². The molecule has 2 aromatic heterocycles. The second-order valence-electron chi connectivity index (χ2n) is 9.24. The molecule has 0 aliphatic carbocycles. The SMILES string of the molecule is Cc1nc2ccccc2n(CC(=O)N/N=C/c2ccc(OCCn3cc(CN4CCCC4)nn3)cc2)c1=O. The van der Waals surface area contributed by atoms with Gasteiger partial charge in [0.2, 0.25) is 0 Å². The molecule has 11 heteroatoms. The average Bonchev–Trinajstić information content (AvgIpc) is 3.60. The van der Waals surface area contributed by atoms with Crippen LogP contribution in [0.4, 0.5) is 0 Å². The smallest absolute Gasteiger partial charge is 0.272 e. The molecule has 0 saturated carbocycles. The molecule has 1 saturated heterocycles. The van der Waals surface area contributed by atoms with Gasteiger partial charge in [-0.3, -0.25) is 19.1 Å². The lowest BCUT2D eigenvalue weighted by Crippen LogP contribution is -2.31. The minimum Gasteiger partial charge on any atom is -0.492 e. The number of nitrogens with zero attached hydrogens (tertiary/aromatic N) is 7. The third kappa shape index (κ3) is 6.30. The monoisotopic (exact) mass is 514 g/mol. The van der Waals surface area contributed by atoms with Gasteiger partial charge in [-0.05, 0) is 74.8 Å². The Bertz CT molecular complexity index is 1490. The molecule has 1 amide bonds. The second kappa shape index (κ2) is 11.8. The van der Waals surface area contributed by atoms with Crippen LogP contribution in [0.15, 0.2) is 64.6 Å². The Morgan fingerprint density at radius 3 is 2.74 bits per heavy atom. The first kappa shape index (κ1) is 25.3. The number of likely N-dealkylation sites (tertiary alicyclic amines) is 1. The first-order valence-corrected chi connectivity index (χ1v) is 12.7. The Kier molecular flexibility index (Phi) is 7.84. The van der Waals surface area contributed by atoms with Gasteiger partial charge in [0.1, 0.15) is 24.6 Å². The third-order valence-electron chi connectivity index (χ3n) is 6.36. The highest BCUT2D eigenvalue weighted by atomic mass is 16.5. The molecule has 3 heterocycles. The molecule has 1 aliphatic heterocycles. The summed E-state index contributed by atoms with van der Waals surface area (Å²) < 4.78 is 9.03. The highest BCUT2D eigenvalue weighted by Crippen LogP contribution is 2.13. The van der Waals surface area contributed by atoms with Crippen LogP contribution in [0.5, 0.6) is 5.75 Å². The number of carbonyl (C=O) groups excluding carboxylic acids is 1. The van der Waals surface area contributed by atoms with Gasteiger partial charge in [-0.2, -0.15) is 5.10 Å². The molecule has 1 N–H and O–H groups in total. The van der Waals surface area contributed by atoms with Gasteiger partial charge in [-0.1, -0.05) is 17.3 Å². The van der Waals surface area contributed by atoms with E-state index in [1.807, 2.05) is 42.6 Å². The highest BCUT2D eigenvalue weighted by molar-refractivity contribution is 5.83. The zero-order valence-corrected chi connectivity index (χ0v) is 21.3. The first-order chi connectivity index (χ1) is 18.5. The molecule has 0 bridgehead atoms. The molecule has 0 spiro atoms. The maximum atomic E-state index is 12.5. The second-order valence-corrected chi connectivity index (χ2v) is 9.24. The number of hydrogen-bond acceptors (Lipinski definition) is 8. The fourth-order valence-electron chi connectivity index (χ4n) is 4.43. The van der Waals surface area contributed by atoms with Gasteiger partial charge in [0.25, 0.3) is 11.5 Å². The molecule has 0 unspecified atom stereocenters. The Balaban J connectivity index is 1.08. The molecular formula is C27H30N8O3. The number of carbonyl (C=O) groups is 1. The summed E-state index contributed by atoms with van der Waals surface area (Å²) in [5.41, 5.74) is 5.56. The largest absolute Gasteiger partial charge is 0.492 e. The highest BCUT2D eigenvalue weighted by Gasteiger charge is 2.14. The average molecular weight is 515 g/mol. The van der Waals surface area contributed by atoms with E-state index in [0.717, 1.165) is 36.6 Å². The minimum absolute atomic E-state index is 0.154. The van der Waals surface area contributed by atoms with Crippen LogP contribution < -0.4 is 15.7 Å². The number of rotatable bonds is 10. The standard InChI is InChI=1S/C27H30N8O3/c1-20-27(37)35(25-7-3-2-6-24(25)29-20)19-26(36)31-28-16-21-8-10-23(11-9-21)38-15-14-34-18-22(30-32-34)17-33-12-4-5-13-33/h2-3,6-11,16,18H,4-5,12-15,17,19H2,1H3,(H,31,36)/b28-16+. The van der Waals surface area contributed by atoms with E-state index in [2.05, 4.69) is 30.7 Å². The van der Waals surface area contributed by atoms with Gasteiger partial charge < -0.3 is 4.74 Å². The van der Waals surface area contributed by atoms with Gasteiger partial charge in [0.15, 0.2) is 0 Å². The van der Waals surface area contributed by atoms with Crippen LogP contribution >= 0.6 is 0 Å². The van der Waals surface area contributed by atoms with Crippen molar-refractivity contribution in [1.29, 1.82) is 0 Å². The fourth-order valence-corrected chi connectivity index (χ4v) is 4.43. The maximum absolute atomic E-state index is 12.5. The first-order valence-electron chi connectivity index (χ1n) is 12.7. The van der Waals surface area contributed by atoms with Crippen LogP contribution in [0.3, 0.4) is 0 Å². The lowest BCUT2D eigenvalue weighted by molar-refractivity contribution is -0.121. The van der Waals surface area contributed by atoms with Gasteiger partial charge in [0, 0.05) is 12.7 Å². The zero-order valence-electron chi connectivity index (χ0n) is 21.3. The number of fused-ring (bicyclic) bond motifs is 1. The van der Waals surface area contributed by atoms with E-state index >= 15 is 0 Å². The summed E-state index contributed by atoms with van der Waals surface area (Å²) >= 11 is 0. The molecule has 11 nitrogen and oxygen atoms in total. The summed E-state index contributed by atoms with van der Waals surface area (Å²) in [7, 11) is 0. The molecule has 0 atom stereocenters. The summed E-state index contributed by atoms with van der Waals surface area (Å²) in [6.45, 7) is 5.67. The molecule has 196 valence electrons. The van der Waals surface area contributed by atoms with Crippen molar-refractivity contribution in [2.45, 2.75) is 39.4 Å². The van der Waals surface area contributed by atoms with Crippen molar-refractivity contribution < 1.29 is 9.53 Å². The number of amides is 1. The van der Waals surface area contributed by atoms with Crippen molar-refractivity contribution in [1.82, 2.24) is 34.9 Å². The van der Waals surface area contributed by atoms with Crippen molar-refractivity contribution in [3.8, 4) is 5.75 Å². The molecular weight excluding hydrogens is 484 g/mol. The van der Waals surface area contributed by atoms with Crippen molar-refractivity contribution in [3.63, 3.8) is 0 Å². The van der Waals surface area contributed by atoms with Crippen LogP contribution in [-0.4, -0.2) is 61.3 Å². The van der Waals surface area contributed by atoms with E-state index in [4.69, 9.17) is 4.74 Å². The third-order valence-corrected chi connectivity index (χ3v) is 6.36. The summed E-state index contributed by atoms with van der Waals surface area (Å²) in [5, 5.41) is 12.5. The van der Waals surface area contributed by atoms with Crippen molar-refractivity contribution in [3.05, 3.63) is 82.0 Å². The van der Waals surface area contributed by atoms with Crippen molar-refractivity contribution in [2.75, 3.05) is 19.7 Å². The normalized spacial score (nSPS) is 13.9. The lowest BCUT2D eigenvalue weighted by Gasteiger charge is -2.11. The summed E-state index contributed by atoms with van der Waals surface area (Å²) in [5.74, 6) is 0.318. The zero-order chi connectivity index (χ0) is 26.3. The van der Waals surface area contributed by atoms with Crippen LogP contribution in [-0.2, 0) is 24.4 Å². The van der Waals surface area contributed by atoms with Crippen LogP contribution in [0.25, 0.3) is 11.0 Å². The van der Waals surface area contributed by atoms with E-state index in [0.29, 0.717) is 29.9 Å². The number of benzene rings is 2. The van der Waals surface area contributed by atoms with Crippen LogP contribution in [0, 0.1) is 6.92 Å². The molecule has 1 fully saturated rings. The number of para-hydroxylation sites is 2. The van der Waals surface area contributed by atoms with E-state index in [1.54, 1.807) is 23.7 Å². The number of hydrogen-bond donors (Lipinski definition) is 1. The van der Waals surface area contributed by atoms with Crippen molar-refractivity contribution >= 4 is 23.2 Å². The predicted molar refractivity (Wildman–Crippen MR) is 143 cm³/mol. The molecule has 4 aromatic rings. The summed E-state index contributed by atoms with van der Waals surface area (Å²) in [4.78, 5) is 31.7. The van der Waals surface area contributed by atoms with Gasteiger partial charge in [-0.25, -0.2) is 15.1 Å². The molecule has 5 rings (SSSR count). The number of ether oxygens (including phenoxy) is 1. The number of nitrogens with one attached hydrogen (secondary N) is 1.